The van der Waals surface area contributed by atoms with Gasteiger partial charge in [-0.05, 0) is 12.8 Å². The fraction of sp³-hybridized carbons (Fsp3) is 0.571. The lowest BCUT2D eigenvalue weighted by Gasteiger charge is -1.98. The summed E-state index contributed by atoms with van der Waals surface area (Å²) in [5.41, 5.74) is 6.23. The molecule has 1 aliphatic rings. The average molecular weight is 153 g/mol. The Morgan fingerprint density at radius 1 is 1.73 bits per heavy atom. The molecule has 1 aromatic heterocycles. The molecule has 1 saturated carbocycles. The first-order valence-corrected chi connectivity index (χ1v) is 3.71. The van der Waals surface area contributed by atoms with Gasteiger partial charge in [0.1, 0.15) is 11.8 Å². The molecule has 4 heteroatoms. The quantitative estimate of drug-likeness (QED) is 0.674. The molecule has 0 amide bonds. The summed E-state index contributed by atoms with van der Waals surface area (Å²) in [6, 6.07) is 0. The summed E-state index contributed by atoms with van der Waals surface area (Å²) in [5.74, 6) is 0.579. The van der Waals surface area contributed by atoms with Crippen LogP contribution in [0.1, 0.15) is 12.8 Å². The number of rotatable bonds is 2. The third-order valence-corrected chi connectivity index (χ3v) is 1.62. The van der Waals surface area contributed by atoms with E-state index in [4.69, 9.17) is 10.5 Å². The van der Waals surface area contributed by atoms with Crippen molar-refractivity contribution in [1.82, 2.24) is 9.78 Å². The maximum absolute atomic E-state index is 5.61. The molecule has 1 aliphatic carbocycles. The minimum Gasteiger partial charge on any atom is -0.472 e. The second-order valence-corrected chi connectivity index (χ2v) is 2.88. The van der Waals surface area contributed by atoms with Gasteiger partial charge in [0.05, 0.1) is 6.20 Å². The number of aromatic nitrogens is 2. The van der Waals surface area contributed by atoms with Gasteiger partial charge in [-0.1, -0.05) is 0 Å². The predicted molar refractivity (Wildman–Crippen MR) is 41.3 cm³/mol. The van der Waals surface area contributed by atoms with Gasteiger partial charge < -0.3 is 10.5 Å². The summed E-state index contributed by atoms with van der Waals surface area (Å²) in [6.07, 6.45) is 4.39. The first-order chi connectivity index (χ1) is 5.25. The lowest BCUT2D eigenvalue weighted by Crippen LogP contribution is -1.99. The van der Waals surface area contributed by atoms with Crippen molar-refractivity contribution in [2.45, 2.75) is 18.9 Å². The molecule has 1 aromatic rings. The summed E-state index contributed by atoms with van der Waals surface area (Å²) >= 11 is 0. The molecule has 4 nitrogen and oxygen atoms in total. The number of anilines is 1. The Morgan fingerprint density at radius 3 is 2.91 bits per heavy atom. The second-order valence-electron chi connectivity index (χ2n) is 2.88. The third-order valence-electron chi connectivity index (χ3n) is 1.62. The van der Waals surface area contributed by atoms with E-state index >= 15 is 0 Å². The van der Waals surface area contributed by atoms with Crippen LogP contribution in [-0.4, -0.2) is 15.9 Å². The second kappa shape index (κ2) is 2.15. The van der Waals surface area contributed by atoms with Gasteiger partial charge in [-0.15, -0.1) is 5.10 Å². The fourth-order valence-corrected chi connectivity index (χ4v) is 0.922. The van der Waals surface area contributed by atoms with E-state index in [0.717, 1.165) is 12.8 Å². The molecule has 0 radical (unpaired) electrons. The van der Waals surface area contributed by atoms with E-state index in [-0.39, 0.29) is 0 Å². The Balaban J connectivity index is 2.14. The lowest BCUT2D eigenvalue weighted by molar-refractivity contribution is 0.289. The first kappa shape index (κ1) is 6.52. The van der Waals surface area contributed by atoms with Crippen LogP contribution < -0.4 is 10.5 Å². The molecule has 2 N–H and O–H groups in total. The van der Waals surface area contributed by atoms with Gasteiger partial charge in [0, 0.05) is 7.05 Å². The molecular formula is C7H11N3O. The van der Waals surface area contributed by atoms with Crippen LogP contribution in [0.4, 0.5) is 5.69 Å². The maximum Gasteiger partial charge on any atom is 0.256 e. The zero-order valence-corrected chi connectivity index (χ0v) is 6.45. The fourth-order valence-electron chi connectivity index (χ4n) is 0.922. The summed E-state index contributed by atoms with van der Waals surface area (Å²) in [7, 11) is 1.83. The number of nitrogens with two attached hydrogens (primary N) is 1. The Hall–Kier alpha value is -1.19. The van der Waals surface area contributed by atoms with Crippen LogP contribution >= 0.6 is 0 Å². The number of aryl methyl sites for hydroxylation is 1. The Bertz CT molecular complexity index is 265. The highest BCUT2D eigenvalue weighted by Gasteiger charge is 2.25. The molecule has 2 rings (SSSR count). The van der Waals surface area contributed by atoms with Crippen LogP contribution in [0, 0.1) is 0 Å². The first-order valence-electron chi connectivity index (χ1n) is 3.71. The van der Waals surface area contributed by atoms with Crippen LogP contribution in [0.2, 0.25) is 0 Å². The summed E-state index contributed by atoms with van der Waals surface area (Å²) in [4.78, 5) is 0. The molecule has 1 fully saturated rings. The van der Waals surface area contributed by atoms with E-state index in [1.54, 1.807) is 10.9 Å². The van der Waals surface area contributed by atoms with Crippen molar-refractivity contribution < 1.29 is 4.74 Å². The predicted octanol–water partition coefficient (Wildman–Crippen LogP) is 0.543. The van der Waals surface area contributed by atoms with E-state index in [1.807, 2.05) is 7.05 Å². The summed E-state index contributed by atoms with van der Waals surface area (Å²) in [6.45, 7) is 0. The molecule has 0 aliphatic heterocycles. The average Bonchev–Trinajstić information content (AvgIpc) is 2.64. The number of hydrogen-bond donors (Lipinski definition) is 1. The highest BCUT2D eigenvalue weighted by Crippen LogP contribution is 2.28. The number of ether oxygens (including phenoxy) is 1. The Morgan fingerprint density at radius 2 is 2.45 bits per heavy atom. The van der Waals surface area contributed by atoms with Crippen LogP contribution in [0.5, 0.6) is 5.88 Å². The zero-order valence-electron chi connectivity index (χ0n) is 6.45. The third kappa shape index (κ3) is 1.29. The van der Waals surface area contributed by atoms with Crippen LogP contribution in [0.3, 0.4) is 0 Å². The van der Waals surface area contributed by atoms with Crippen molar-refractivity contribution in [2.75, 3.05) is 5.73 Å². The number of nitrogen functional groups attached to an aromatic ring is 1. The molecule has 0 unspecified atom stereocenters. The van der Waals surface area contributed by atoms with Gasteiger partial charge in [0.2, 0.25) is 0 Å². The maximum atomic E-state index is 5.61. The van der Waals surface area contributed by atoms with Crippen LogP contribution in [0.25, 0.3) is 0 Å². The van der Waals surface area contributed by atoms with E-state index < -0.39 is 0 Å². The SMILES string of the molecule is Cn1cc(N)c(OC2CC2)n1. The molecule has 1 heterocycles. The van der Waals surface area contributed by atoms with E-state index in [0.29, 0.717) is 17.7 Å². The van der Waals surface area contributed by atoms with Gasteiger partial charge in [0.25, 0.3) is 5.88 Å². The molecule has 60 valence electrons. The Kier molecular flexibility index (Phi) is 1.27. The molecule has 0 bridgehead atoms. The monoisotopic (exact) mass is 153 g/mol. The van der Waals surface area contributed by atoms with E-state index in [9.17, 15) is 0 Å². The molecule has 0 aromatic carbocycles. The standard InChI is InChI=1S/C7H11N3O/c1-10-4-6(8)7(9-10)11-5-2-3-5/h4-5H,2-3,8H2,1H3. The number of nitrogens with zero attached hydrogens (tertiary/aromatic N) is 2. The highest BCUT2D eigenvalue weighted by atomic mass is 16.5. The van der Waals surface area contributed by atoms with Crippen molar-refractivity contribution in [2.24, 2.45) is 7.05 Å². The van der Waals surface area contributed by atoms with Crippen LogP contribution in [-0.2, 0) is 7.05 Å². The molecule has 0 saturated heterocycles. The smallest absolute Gasteiger partial charge is 0.256 e. The van der Waals surface area contributed by atoms with E-state index in [2.05, 4.69) is 5.10 Å². The normalized spacial score (nSPS) is 16.8. The molecular weight excluding hydrogens is 142 g/mol. The summed E-state index contributed by atoms with van der Waals surface area (Å²) < 4.78 is 7.08. The number of hydrogen-bond acceptors (Lipinski definition) is 3. The summed E-state index contributed by atoms with van der Waals surface area (Å²) in [5, 5.41) is 4.06. The minimum atomic E-state index is 0.368. The van der Waals surface area contributed by atoms with Crippen molar-refractivity contribution >= 4 is 5.69 Å². The lowest BCUT2D eigenvalue weighted by atomic mass is 10.6. The van der Waals surface area contributed by atoms with Gasteiger partial charge in [-0.25, -0.2) is 0 Å². The molecule has 0 atom stereocenters. The van der Waals surface area contributed by atoms with Crippen LogP contribution in [0.15, 0.2) is 6.20 Å². The minimum absolute atomic E-state index is 0.368. The van der Waals surface area contributed by atoms with Gasteiger partial charge >= 0.3 is 0 Å². The van der Waals surface area contributed by atoms with Gasteiger partial charge in [-0.3, -0.25) is 4.68 Å². The molecule has 11 heavy (non-hydrogen) atoms. The van der Waals surface area contributed by atoms with E-state index in [1.165, 1.54) is 0 Å². The van der Waals surface area contributed by atoms with Crippen molar-refractivity contribution in [3.8, 4) is 5.88 Å². The zero-order chi connectivity index (χ0) is 7.84. The molecule has 0 spiro atoms. The van der Waals surface area contributed by atoms with Crippen molar-refractivity contribution in [3.63, 3.8) is 0 Å². The largest absolute Gasteiger partial charge is 0.472 e. The van der Waals surface area contributed by atoms with Gasteiger partial charge in [0.15, 0.2) is 0 Å². The van der Waals surface area contributed by atoms with Crippen molar-refractivity contribution in [3.05, 3.63) is 6.20 Å². The topological polar surface area (TPSA) is 53.1 Å². The highest BCUT2D eigenvalue weighted by molar-refractivity contribution is 5.45. The van der Waals surface area contributed by atoms with Gasteiger partial charge in [-0.2, -0.15) is 0 Å². The Labute approximate surface area is 64.9 Å². The van der Waals surface area contributed by atoms with Crippen molar-refractivity contribution in [1.29, 1.82) is 0 Å².